The van der Waals surface area contributed by atoms with Gasteiger partial charge in [-0.15, -0.1) is 0 Å². The number of fused-ring (bicyclic) bond motifs is 1. The summed E-state index contributed by atoms with van der Waals surface area (Å²) in [6.07, 6.45) is 2.13. The maximum atomic E-state index is 16.2. The number of alkyl carbamates (subject to hydrolysis) is 1. The summed E-state index contributed by atoms with van der Waals surface area (Å²) in [4.78, 5) is 44.9. The van der Waals surface area contributed by atoms with Gasteiger partial charge in [0.1, 0.15) is 5.82 Å². The average molecular weight is 659 g/mol. The van der Waals surface area contributed by atoms with E-state index in [1.807, 2.05) is 0 Å². The summed E-state index contributed by atoms with van der Waals surface area (Å²) < 4.78 is 28.4. The molecule has 2 heterocycles. The van der Waals surface area contributed by atoms with Crippen LogP contribution in [0.1, 0.15) is 57.3 Å². The number of carbonyl (C=O) groups excluding carboxylic acids is 3. The SMILES string of the molecule is CC(=O)c1cc(F)c2c(c1)C(=O)N(Cc1ccc(Cl)cn1)C2(OCC1(NC(=O)OCC[Si](C)(C)C)CC1)c1ccc(Cl)cc1. The molecule has 1 aliphatic carbocycles. The number of amides is 2. The number of nitrogens with one attached hydrogen (secondary N) is 1. The highest BCUT2D eigenvalue weighted by molar-refractivity contribution is 6.76. The molecule has 1 atom stereocenters. The molecule has 1 aromatic heterocycles. The Morgan fingerprint density at radius 1 is 1.07 bits per heavy atom. The van der Waals surface area contributed by atoms with Gasteiger partial charge in [-0.2, -0.15) is 0 Å². The lowest BCUT2D eigenvalue weighted by Gasteiger charge is -2.40. The van der Waals surface area contributed by atoms with Crippen LogP contribution in [0.3, 0.4) is 0 Å². The van der Waals surface area contributed by atoms with Gasteiger partial charge in [0.2, 0.25) is 0 Å². The van der Waals surface area contributed by atoms with Crippen molar-refractivity contribution in [2.75, 3.05) is 13.2 Å². The standard InChI is InChI=1S/C32H34Cl2FN3O5Si/c1-20(39)21-15-26-28(27(35)16-21)32(22-5-7-23(33)8-6-22,38(29(26)40)18-25-10-9-24(34)17-36-25)43-19-31(11-12-31)37-30(41)42-13-14-44(2,3)4/h5-10,15-17H,11-14,18-19H2,1-4H3,(H,37,41). The van der Waals surface area contributed by atoms with Crippen molar-refractivity contribution in [3.05, 3.63) is 98.5 Å². The molecule has 5 rings (SSSR count). The lowest BCUT2D eigenvalue weighted by atomic mass is 9.91. The molecule has 2 aliphatic rings. The van der Waals surface area contributed by atoms with Crippen molar-refractivity contribution < 1.29 is 28.2 Å². The second-order valence-electron chi connectivity index (χ2n) is 12.6. The van der Waals surface area contributed by atoms with Crippen molar-refractivity contribution in [2.45, 2.75) is 63.3 Å². The van der Waals surface area contributed by atoms with E-state index >= 15 is 4.39 Å². The minimum absolute atomic E-state index is 0.00248. The Morgan fingerprint density at radius 2 is 1.75 bits per heavy atom. The lowest BCUT2D eigenvalue weighted by molar-refractivity contribution is -0.121. The third kappa shape index (κ3) is 6.68. The van der Waals surface area contributed by atoms with Gasteiger partial charge in [-0.25, -0.2) is 9.18 Å². The Kier molecular flexibility index (Phi) is 8.92. The first kappa shape index (κ1) is 32.1. The largest absolute Gasteiger partial charge is 0.450 e. The summed E-state index contributed by atoms with van der Waals surface area (Å²) in [5.41, 5.74) is -1.59. The van der Waals surface area contributed by atoms with Crippen LogP contribution in [-0.4, -0.2) is 54.5 Å². The maximum Gasteiger partial charge on any atom is 0.407 e. The number of Topliss-reactive ketones (excluding diaryl/α,β-unsaturated/α-hetero) is 1. The number of halogens is 3. The van der Waals surface area contributed by atoms with Gasteiger partial charge in [0, 0.05) is 30.4 Å². The van der Waals surface area contributed by atoms with Crippen LogP contribution in [0.25, 0.3) is 0 Å². The van der Waals surface area contributed by atoms with Crippen LogP contribution in [0.4, 0.5) is 9.18 Å². The number of rotatable bonds is 11. The van der Waals surface area contributed by atoms with Crippen LogP contribution in [-0.2, 0) is 21.7 Å². The molecule has 2 aromatic carbocycles. The molecule has 0 saturated heterocycles. The van der Waals surface area contributed by atoms with Gasteiger partial charge in [-0.3, -0.25) is 19.5 Å². The summed E-state index contributed by atoms with van der Waals surface area (Å²) in [6, 6.07) is 13.3. The average Bonchev–Trinajstić information content (AvgIpc) is 3.67. The Balaban J connectivity index is 1.56. The Bertz CT molecular complexity index is 1590. The smallest absolute Gasteiger partial charge is 0.407 e. The number of hydrogen-bond acceptors (Lipinski definition) is 6. The zero-order valence-electron chi connectivity index (χ0n) is 25.0. The Labute approximate surface area is 266 Å². The Morgan fingerprint density at radius 3 is 2.34 bits per heavy atom. The minimum Gasteiger partial charge on any atom is -0.450 e. The van der Waals surface area contributed by atoms with E-state index in [2.05, 4.69) is 29.9 Å². The van der Waals surface area contributed by atoms with E-state index in [4.69, 9.17) is 32.7 Å². The number of pyridine rings is 1. The van der Waals surface area contributed by atoms with E-state index < -0.39 is 37.2 Å². The number of carbonyl (C=O) groups is 3. The first-order valence-corrected chi connectivity index (χ1v) is 18.8. The summed E-state index contributed by atoms with van der Waals surface area (Å²) in [7, 11) is -1.40. The topological polar surface area (TPSA) is 97.8 Å². The van der Waals surface area contributed by atoms with Crippen LogP contribution < -0.4 is 5.32 Å². The normalized spacial score (nSPS) is 18.6. The first-order chi connectivity index (χ1) is 20.7. The van der Waals surface area contributed by atoms with Gasteiger partial charge in [-0.05, 0) is 62.2 Å². The summed E-state index contributed by atoms with van der Waals surface area (Å²) in [5, 5.41) is 3.79. The van der Waals surface area contributed by atoms with Crippen molar-refractivity contribution in [1.82, 2.24) is 15.2 Å². The number of nitrogens with zero attached hydrogens (tertiary/aromatic N) is 2. The number of benzene rings is 2. The van der Waals surface area contributed by atoms with E-state index in [1.54, 1.807) is 36.4 Å². The number of ether oxygens (including phenoxy) is 2. The van der Waals surface area contributed by atoms with E-state index in [0.29, 0.717) is 40.8 Å². The highest BCUT2D eigenvalue weighted by Crippen LogP contribution is 2.49. The van der Waals surface area contributed by atoms with Crippen molar-refractivity contribution in [3.63, 3.8) is 0 Å². The van der Waals surface area contributed by atoms with Crippen LogP contribution in [0.5, 0.6) is 0 Å². The van der Waals surface area contributed by atoms with E-state index in [1.165, 1.54) is 24.1 Å². The second kappa shape index (κ2) is 12.2. The van der Waals surface area contributed by atoms with Gasteiger partial charge in [0.15, 0.2) is 11.5 Å². The number of hydrogen-bond donors (Lipinski definition) is 1. The van der Waals surface area contributed by atoms with E-state index in [-0.39, 0.29) is 35.6 Å². The fourth-order valence-corrected chi connectivity index (χ4v) is 6.15. The van der Waals surface area contributed by atoms with E-state index in [0.717, 1.165) is 12.1 Å². The minimum atomic E-state index is -1.78. The summed E-state index contributed by atoms with van der Waals surface area (Å²) >= 11 is 12.3. The van der Waals surface area contributed by atoms with E-state index in [9.17, 15) is 14.4 Å². The van der Waals surface area contributed by atoms with Crippen LogP contribution in [0, 0.1) is 5.82 Å². The molecular weight excluding hydrogens is 624 g/mol. The molecule has 0 spiro atoms. The molecule has 1 fully saturated rings. The van der Waals surface area contributed by atoms with Gasteiger partial charge in [0.05, 0.1) is 47.1 Å². The zero-order valence-corrected chi connectivity index (χ0v) is 27.5. The van der Waals surface area contributed by atoms with Gasteiger partial charge < -0.3 is 14.8 Å². The highest BCUT2D eigenvalue weighted by atomic mass is 35.5. The zero-order chi connectivity index (χ0) is 31.9. The van der Waals surface area contributed by atoms with Crippen LogP contribution in [0.15, 0.2) is 54.7 Å². The van der Waals surface area contributed by atoms with Crippen molar-refractivity contribution >= 4 is 49.1 Å². The first-order valence-electron chi connectivity index (χ1n) is 14.4. The quantitative estimate of drug-likeness (QED) is 0.173. The fraction of sp³-hybridized carbons (Fsp3) is 0.375. The fourth-order valence-electron chi connectivity index (χ4n) is 5.20. The molecule has 12 heteroatoms. The summed E-state index contributed by atoms with van der Waals surface area (Å²) in [5.74, 6) is -1.70. The molecule has 0 bridgehead atoms. The molecule has 2 amide bonds. The van der Waals surface area contributed by atoms with Crippen molar-refractivity contribution in [1.29, 1.82) is 0 Å². The lowest BCUT2D eigenvalue weighted by Crippen LogP contribution is -2.50. The highest BCUT2D eigenvalue weighted by Gasteiger charge is 2.57. The molecular formula is C32H34Cl2FN3O5Si. The predicted molar refractivity (Wildman–Crippen MR) is 168 cm³/mol. The maximum absolute atomic E-state index is 16.2. The number of aromatic nitrogens is 1. The molecule has 8 nitrogen and oxygen atoms in total. The second-order valence-corrected chi connectivity index (χ2v) is 19.1. The molecule has 1 N–H and O–H groups in total. The van der Waals surface area contributed by atoms with Crippen LogP contribution >= 0.6 is 23.2 Å². The third-order valence-corrected chi connectivity index (χ3v) is 10.1. The molecule has 3 aromatic rings. The Hall–Kier alpha value is -3.31. The summed E-state index contributed by atoms with van der Waals surface area (Å²) in [6.45, 7) is 8.11. The van der Waals surface area contributed by atoms with Gasteiger partial charge >= 0.3 is 6.09 Å². The van der Waals surface area contributed by atoms with Crippen molar-refractivity contribution in [2.24, 2.45) is 0 Å². The van der Waals surface area contributed by atoms with Gasteiger partial charge in [0.25, 0.3) is 5.91 Å². The molecule has 0 radical (unpaired) electrons. The monoisotopic (exact) mass is 657 g/mol. The van der Waals surface area contributed by atoms with Gasteiger partial charge in [-0.1, -0.05) is 55.0 Å². The molecule has 1 unspecified atom stereocenters. The number of ketones is 1. The third-order valence-electron chi connectivity index (χ3n) is 7.90. The van der Waals surface area contributed by atoms with Crippen molar-refractivity contribution in [3.8, 4) is 0 Å². The molecule has 232 valence electrons. The molecule has 44 heavy (non-hydrogen) atoms. The molecule has 1 saturated carbocycles. The molecule has 1 aliphatic heterocycles. The predicted octanol–water partition coefficient (Wildman–Crippen LogP) is 7.20. The van der Waals surface area contributed by atoms with Crippen LogP contribution in [0.2, 0.25) is 35.7 Å².